The van der Waals surface area contributed by atoms with Gasteiger partial charge in [0.05, 0.1) is 50.1 Å². The highest BCUT2D eigenvalue weighted by atomic mass is 16.5. The van der Waals surface area contributed by atoms with Crippen LogP contribution in [-0.4, -0.2) is 70.2 Å². The summed E-state index contributed by atoms with van der Waals surface area (Å²) in [5.74, 6) is 2.79. The third-order valence-electron chi connectivity index (χ3n) is 14.4. The molecule has 352 valence electrons. The molecule has 6 N–H and O–H groups in total. The molecule has 3 unspecified atom stereocenters. The average molecular weight is 909 g/mol. The zero-order valence-corrected chi connectivity index (χ0v) is 39.4. The van der Waals surface area contributed by atoms with Gasteiger partial charge in [-0.25, -0.2) is 19.6 Å². The summed E-state index contributed by atoms with van der Waals surface area (Å²) in [5, 5.41) is 11.7. The molecule has 3 fully saturated rings. The van der Waals surface area contributed by atoms with E-state index < -0.39 is 24.3 Å². The fraction of sp³-hybridized carbons (Fsp3) is 0.472. The van der Waals surface area contributed by atoms with Crippen molar-refractivity contribution in [2.45, 2.75) is 121 Å². The number of ether oxygens (including phenoxy) is 2. The topological polar surface area (TPSA) is 192 Å². The van der Waals surface area contributed by atoms with E-state index in [1.54, 1.807) is 0 Å². The number of benzene rings is 3. The van der Waals surface area contributed by atoms with Gasteiger partial charge in [-0.1, -0.05) is 114 Å². The second kappa shape index (κ2) is 19.4. The average Bonchev–Trinajstić information content (AvgIpc) is 4.05. The standard InChI is InChI=1S/C53H64N8O6/c1-28(2)46(60-52(64)66-5)50(62)58-40(23-30-7-8-30)48-54-26-42(56-48)34-15-11-32(12-16-34)38-21-22-39(45-37-20-19-36(25-37)44(38)45)33-13-17-35(18-14-33)43-27-55-49(57-43)41(24-31-9-10-31)59-51(63)47(29(3)4)61-53(65)67-6/h11-18,21-22,26-31,36-37,40-41,46-47H,7-10,19-20,23-25H2,1-6H3,(H,54,56)(H,55,57)(H,58,62)(H,59,63)(H,60,64)(H,61,65)/t36?,37?,40-,41-,46-,47?/m0/s1. The molecule has 4 aliphatic rings. The number of aromatic amines is 2. The summed E-state index contributed by atoms with van der Waals surface area (Å²) in [7, 11) is 2.59. The van der Waals surface area contributed by atoms with Crippen molar-refractivity contribution in [2.24, 2.45) is 23.7 Å². The second-order valence-corrected chi connectivity index (χ2v) is 19.9. The molecule has 67 heavy (non-hydrogen) atoms. The molecule has 0 aliphatic heterocycles. The lowest BCUT2D eigenvalue weighted by atomic mass is 9.81. The van der Waals surface area contributed by atoms with E-state index in [0.29, 0.717) is 35.3 Å². The Morgan fingerprint density at radius 1 is 0.552 bits per heavy atom. The van der Waals surface area contributed by atoms with E-state index in [4.69, 9.17) is 19.4 Å². The number of rotatable bonds is 18. The quantitative estimate of drug-likeness (QED) is 0.0500. The number of nitrogens with zero attached hydrogens (tertiary/aromatic N) is 2. The van der Waals surface area contributed by atoms with Crippen LogP contribution in [0.1, 0.15) is 132 Å². The molecular weight excluding hydrogens is 845 g/mol. The highest BCUT2D eigenvalue weighted by Crippen LogP contribution is 2.58. The maximum absolute atomic E-state index is 13.4. The van der Waals surface area contributed by atoms with Crippen molar-refractivity contribution >= 4 is 24.0 Å². The summed E-state index contributed by atoms with van der Waals surface area (Å²) < 4.78 is 9.56. The number of carbonyl (C=O) groups excluding carboxylic acids is 4. The van der Waals surface area contributed by atoms with Gasteiger partial charge in [0.25, 0.3) is 0 Å². The first-order valence-electron chi connectivity index (χ1n) is 24.1. The van der Waals surface area contributed by atoms with E-state index >= 15 is 0 Å². The monoisotopic (exact) mass is 908 g/mol. The van der Waals surface area contributed by atoms with Gasteiger partial charge in [0.2, 0.25) is 11.8 Å². The largest absolute Gasteiger partial charge is 0.453 e. The SMILES string of the molecule is COC(=O)NC(C(=O)N[C@@H](CC1CC1)c1ncc(-c2ccc(-c3ccc(-c4ccc(-c5cnc([C@H](CC6CC6)NC(=O)[C@@H](NC(=O)OC)C(C)C)[nH]5)cc4)c4c3C3CCC4C3)cc2)[nH]1)C(C)C. The molecule has 3 aromatic carbocycles. The second-order valence-electron chi connectivity index (χ2n) is 19.9. The number of imidazole rings is 2. The lowest BCUT2D eigenvalue weighted by Crippen LogP contribution is -2.50. The first-order valence-corrected chi connectivity index (χ1v) is 24.1. The van der Waals surface area contributed by atoms with Gasteiger partial charge in [-0.15, -0.1) is 0 Å². The first kappa shape index (κ1) is 45.7. The van der Waals surface area contributed by atoms with Crippen molar-refractivity contribution in [3.05, 3.63) is 95.8 Å². The van der Waals surface area contributed by atoms with Crippen LogP contribution in [0.4, 0.5) is 9.59 Å². The molecule has 9 rings (SSSR count). The number of hydrogen-bond donors (Lipinski definition) is 6. The Bertz CT molecular complexity index is 2410. The molecule has 4 amide bonds. The van der Waals surface area contributed by atoms with E-state index in [-0.39, 0.29) is 35.7 Å². The van der Waals surface area contributed by atoms with Crippen molar-refractivity contribution in [3.63, 3.8) is 0 Å². The van der Waals surface area contributed by atoms with Crippen molar-refractivity contribution in [3.8, 4) is 44.8 Å². The Hall–Kier alpha value is -6.44. The lowest BCUT2D eigenvalue weighted by molar-refractivity contribution is -0.125. The number of nitrogens with one attached hydrogen (secondary N) is 6. The summed E-state index contributed by atoms with van der Waals surface area (Å²) in [5.41, 5.74) is 11.7. The molecule has 3 saturated carbocycles. The number of aromatic nitrogens is 4. The van der Waals surface area contributed by atoms with Gasteiger partial charge in [0.1, 0.15) is 23.7 Å². The minimum atomic E-state index is -0.729. The molecule has 14 heteroatoms. The van der Waals surface area contributed by atoms with Crippen LogP contribution in [0.15, 0.2) is 73.1 Å². The summed E-state index contributed by atoms with van der Waals surface area (Å²) in [6, 6.07) is 20.0. The van der Waals surface area contributed by atoms with Crippen LogP contribution in [0.25, 0.3) is 44.8 Å². The van der Waals surface area contributed by atoms with E-state index in [9.17, 15) is 19.2 Å². The fourth-order valence-electron chi connectivity index (χ4n) is 10.3. The van der Waals surface area contributed by atoms with Crippen molar-refractivity contribution in [1.29, 1.82) is 0 Å². The summed E-state index contributed by atoms with van der Waals surface area (Å²) in [6.45, 7) is 7.58. The van der Waals surface area contributed by atoms with E-state index in [1.165, 1.54) is 66.9 Å². The Morgan fingerprint density at radius 3 is 1.27 bits per heavy atom. The molecule has 6 atom stereocenters. The van der Waals surface area contributed by atoms with Crippen molar-refractivity contribution < 1.29 is 28.7 Å². The van der Waals surface area contributed by atoms with Gasteiger partial charge in [-0.05, 0) is 112 Å². The van der Waals surface area contributed by atoms with Gasteiger partial charge in [0.15, 0.2) is 0 Å². The Balaban J connectivity index is 0.910. The molecular formula is C53H64N8O6. The maximum atomic E-state index is 13.4. The lowest BCUT2D eigenvalue weighted by Gasteiger charge is -2.24. The number of fused-ring (bicyclic) bond motifs is 5. The van der Waals surface area contributed by atoms with Crippen LogP contribution in [0.3, 0.4) is 0 Å². The molecule has 14 nitrogen and oxygen atoms in total. The molecule has 5 aromatic rings. The van der Waals surface area contributed by atoms with Gasteiger partial charge in [-0.2, -0.15) is 0 Å². The fourth-order valence-corrected chi connectivity index (χ4v) is 10.3. The number of hydrogen-bond acceptors (Lipinski definition) is 8. The van der Waals surface area contributed by atoms with Crippen LogP contribution < -0.4 is 21.3 Å². The Kier molecular flexibility index (Phi) is 13.2. The zero-order valence-electron chi connectivity index (χ0n) is 39.4. The zero-order chi connectivity index (χ0) is 46.9. The van der Waals surface area contributed by atoms with Crippen LogP contribution in [0.2, 0.25) is 0 Å². The summed E-state index contributed by atoms with van der Waals surface area (Å²) in [4.78, 5) is 67.5. The highest BCUT2D eigenvalue weighted by molar-refractivity contribution is 5.87. The molecule has 2 heterocycles. The third kappa shape index (κ3) is 10.1. The predicted molar refractivity (Wildman–Crippen MR) is 257 cm³/mol. The van der Waals surface area contributed by atoms with Crippen molar-refractivity contribution in [1.82, 2.24) is 41.2 Å². The number of H-pyrrole nitrogens is 2. The van der Waals surface area contributed by atoms with Gasteiger partial charge >= 0.3 is 12.2 Å². The number of methoxy groups -OCH3 is 2. The van der Waals surface area contributed by atoms with Crippen LogP contribution in [0.5, 0.6) is 0 Å². The van der Waals surface area contributed by atoms with Gasteiger partial charge < -0.3 is 40.7 Å². The van der Waals surface area contributed by atoms with E-state index in [0.717, 1.165) is 61.0 Å². The molecule has 2 bridgehead atoms. The molecule has 0 saturated heterocycles. The predicted octanol–water partition coefficient (Wildman–Crippen LogP) is 9.84. The number of amides is 4. The third-order valence-corrected chi connectivity index (χ3v) is 14.4. The number of carbonyl (C=O) groups is 4. The molecule has 2 aromatic heterocycles. The van der Waals surface area contributed by atoms with Crippen LogP contribution in [0, 0.1) is 23.7 Å². The van der Waals surface area contributed by atoms with E-state index in [2.05, 4.69) is 91.9 Å². The minimum absolute atomic E-state index is 0.126. The van der Waals surface area contributed by atoms with E-state index in [1.807, 2.05) is 40.1 Å². The van der Waals surface area contributed by atoms with Crippen molar-refractivity contribution in [2.75, 3.05) is 14.2 Å². The molecule has 0 spiro atoms. The van der Waals surface area contributed by atoms with Gasteiger partial charge in [-0.3, -0.25) is 9.59 Å². The number of alkyl carbamates (subject to hydrolysis) is 2. The Labute approximate surface area is 392 Å². The normalized spacial score (nSPS) is 19.0. The summed E-state index contributed by atoms with van der Waals surface area (Å²) in [6.07, 6.45) is 12.1. The highest BCUT2D eigenvalue weighted by Gasteiger charge is 2.41. The maximum Gasteiger partial charge on any atom is 0.407 e. The minimum Gasteiger partial charge on any atom is -0.453 e. The Morgan fingerprint density at radius 2 is 0.925 bits per heavy atom. The first-order chi connectivity index (χ1) is 32.4. The molecule has 4 aliphatic carbocycles. The smallest absolute Gasteiger partial charge is 0.407 e. The molecule has 0 radical (unpaired) electrons. The van der Waals surface area contributed by atoms with Crippen LogP contribution >= 0.6 is 0 Å². The van der Waals surface area contributed by atoms with Gasteiger partial charge in [0, 0.05) is 0 Å². The van der Waals surface area contributed by atoms with Crippen LogP contribution in [-0.2, 0) is 19.1 Å². The summed E-state index contributed by atoms with van der Waals surface area (Å²) >= 11 is 0.